The molecular weight excluding hydrogens is 194 g/mol. The van der Waals surface area contributed by atoms with E-state index >= 15 is 0 Å². The lowest BCUT2D eigenvalue weighted by atomic mass is 10.2. The maximum Gasteiger partial charge on any atom is 0.279 e. The molecule has 0 spiro atoms. The molecule has 0 aliphatic rings. The van der Waals surface area contributed by atoms with E-state index in [-0.39, 0.29) is 0 Å². The minimum Gasteiger partial charge on any atom is -0.396 e. The van der Waals surface area contributed by atoms with Crippen LogP contribution in [-0.4, -0.2) is 20.2 Å². The van der Waals surface area contributed by atoms with E-state index in [1.54, 1.807) is 0 Å². The second kappa shape index (κ2) is 6.67. The Bertz CT molecular complexity index is 301. The lowest BCUT2D eigenvalue weighted by Gasteiger charge is -2.06. The van der Waals surface area contributed by atoms with Crippen molar-refractivity contribution in [2.75, 3.05) is 14.2 Å². The van der Waals surface area contributed by atoms with Gasteiger partial charge in [0.25, 0.3) is 5.96 Å². The number of oxime groups is 1. The minimum atomic E-state index is 0.309. The summed E-state index contributed by atoms with van der Waals surface area (Å²) in [7, 11) is 2.94. The molecule has 0 fully saturated rings. The number of guanidine groups is 1. The van der Waals surface area contributed by atoms with Gasteiger partial charge in [0.2, 0.25) is 0 Å². The van der Waals surface area contributed by atoms with E-state index in [9.17, 15) is 0 Å². The molecule has 0 aliphatic carbocycles. The summed E-state index contributed by atoms with van der Waals surface area (Å²) < 4.78 is 0. The van der Waals surface area contributed by atoms with E-state index < -0.39 is 0 Å². The quantitative estimate of drug-likeness (QED) is 0.453. The molecule has 0 unspecified atom stereocenters. The number of hydroxylamine groups is 1. The van der Waals surface area contributed by atoms with Crippen LogP contribution in [-0.2, 0) is 16.2 Å². The van der Waals surface area contributed by atoms with Crippen LogP contribution in [0.25, 0.3) is 0 Å². The highest BCUT2D eigenvalue weighted by atomic mass is 16.7. The van der Waals surface area contributed by atoms with Crippen molar-refractivity contribution in [3.63, 3.8) is 0 Å². The Kier molecular flexibility index (Phi) is 5.03. The molecule has 0 heterocycles. The van der Waals surface area contributed by atoms with E-state index in [2.05, 4.69) is 20.8 Å². The third-order valence-corrected chi connectivity index (χ3v) is 1.63. The third-order valence-electron chi connectivity index (χ3n) is 1.63. The number of benzene rings is 1. The van der Waals surface area contributed by atoms with Crippen molar-refractivity contribution < 1.29 is 9.68 Å². The summed E-state index contributed by atoms with van der Waals surface area (Å²) in [6, 6.07) is 9.85. The van der Waals surface area contributed by atoms with E-state index in [4.69, 9.17) is 4.84 Å². The van der Waals surface area contributed by atoms with E-state index in [0.29, 0.717) is 12.5 Å². The van der Waals surface area contributed by atoms with Gasteiger partial charge in [-0.3, -0.25) is 4.84 Å². The summed E-state index contributed by atoms with van der Waals surface area (Å²) >= 11 is 0. The van der Waals surface area contributed by atoms with Crippen molar-refractivity contribution in [3.8, 4) is 0 Å². The first-order valence-corrected chi connectivity index (χ1v) is 4.48. The number of hydrogen-bond acceptors (Lipinski definition) is 3. The number of rotatable bonds is 4. The molecule has 1 radical (unpaired) electrons. The minimum absolute atomic E-state index is 0.309. The van der Waals surface area contributed by atoms with Crippen LogP contribution in [0.2, 0.25) is 0 Å². The fourth-order valence-corrected chi connectivity index (χ4v) is 1.01. The Morgan fingerprint density at radius 3 is 2.60 bits per heavy atom. The normalized spacial score (nSPS) is 10.9. The monoisotopic (exact) mass is 208 g/mol. The zero-order valence-electron chi connectivity index (χ0n) is 8.80. The highest BCUT2D eigenvalue weighted by Gasteiger charge is 2.00. The van der Waals surface area contributed by atoms with E-state index in [0.717, 1.165) is 5.56 Å². The summed E-state index contributed by atoms with van der Waals surface area (Å²) in [5.74, 6) is 0.309. The number of hydrogen-bond donors (Lipinski definition) is 1. The molecular formula is C10H14N3O2. The van der Waals surface area contributed by atoms with Gasteiger partial charge in [-0.05, 0) is 10.7 Å². The van der Waals surface area contributed by atoms with Crippen molar-refractivity contribution in [3.05, 3.63) is 35.9 Å². The van der Waals surface area contributed by atoms with Gasteiger partial charge in [-0.15, -0.1) is 0 Å². The van der Waals surface area contributed by atoms with Gasteiger partial charge in [0.1, 0.15) is 7.11 Å². The van der Waals surface area contributed by atoms with Gasteiger partial charge in [0.15, 0.2) is 0 Å². The van der Waals surface area contributed by atoms with Crippen molar-refractivity contribution in [2.45, 2.75) is 6.54 Å². The number of nitrogens with one attached hydrogen (secondary N) is 1. The van der Waals surface area contributed by atoms with Crippen molar-refractivity contribution >= 4 is 5.96 Å². The van der Waals surface area contributed by atoms with E-state index in [1.807, 2.05) is 30.3 Å². The van der Waals surface area contributed by atoms with Crippen molar-refractivity contribution in [1.82, 2.24) is 10.8 Å². The van der Waals surface area contributed by atoms with Crippen LogP contribution in [0.1, 0.15) is 5.56 Å². The van der Waals surface area contributed by atoms with Gasteiger partial charge in [-0.25, -0.2) is 10.8 Å². The van der Waals surface area contributed by atoms with Crippen LogP contribution in [0.3, 0.4) is 0 Å². The molecule has 5 heteroatoms. The molecule has 81 valence electrons. The van der Waals surface area contributed by atoms with Gasteiger partial charge >= 0.3 is 0 Å². The van der Waals surface area contributed by atoms with Crippen LogP contribution in [0, 0.1) is 0 Å². The van der Waals surface area contributed by atoms with Crippen LogP contribution in [0.4, 0.5) is 0 Å². The molecule has 1 aromatic rings. The molecule has 0 saturated heterocycles. The fraction of sp³-hybridized carbons (Fsp3) is 0.300. The SMILES string of the molecule is CON=C([N]Cc1ccccc1)NOC. The average molecular weight is 208 g/mol. The van der Waals surface area contributed by atoms with Crippen LogP contribution >= 0.6 is 0 Å². The predicted molar refractivity (Wildman–Crippen MR) is 56.9 cm³/mol. The molecule has 1 aromatic carbocycles. The summed E-state index contributed by atoms with van der Waals surface area (Å²) in [5.41, 5.74) is 3.61. The van der Waals surface area contributed by atoms with Crippen molar-refractivity contribution in [2.24, 2.45) is 5.16 Å². The Balaban J connectivity index is 2.43. The van der Waals surface area contributed by atoms with Gasteiger partial charge in [0.05, 0.1) is 13.7 Å². The first-order valence-electron chi connectivity index (χ1n) is 4.48. The molecule has 0 saturated carbocycles. The predicted octanol–water partition coefficient (Wildman–Crippen LogP) is 0.859. The Labute approximate surface area is 89.0 Å². The zero-order chi connectivity index (χ0) is 10.9. The molecule has 0 aromatic heterocycles. The summed E-state index contributed by atoms with van der Waals surface area (Å²) in [6.45, 7) is 0.527. The topological polar surface area (TPSA) is 57.0 Å². The highest BCUT2D eigenvalue weighted by Crippen LogP contribution is 1.97. The molecule has 0 bridgehead atoms. The van der Waals surface area contributed by atoms with Crippen molar-refractivity contribution in [1.29, 1.82) is 0 Å². The van der Waals surface area contributed by atoms with Gasteiger partial charge in [-0.1, -0.05) is 30.3 Å². The Morgan fingerprint density at radius 1 is 1.27 bits per heavy atom. The maximum atomic E-state index is 4.69. The average Bonchev–Trinajstić information content (AvgIpc) is 2.28. The third kappa shape index (κ3) is 4.33. The first kappa shape index (κ1) is 11.3. The molecule has 0 aliphatic heterocycles. The number of nitrogens with zero attached hydrogens (tertiary/aromatic N) is 2. The second-order valence-electron chi connectivity index (χ2n) is 2.71. The zero-order valence-corrected chi connectivity index (χ0v) is 8.80. The molecule has 0 atom stereocenters. The van der Waals surface area contributed by atoms with Crippen LogP contribution in [0.15, 0.2) is 35.5 Å². The Morgan fingerprint density at radius 2 is 2.00 bits per heavy atom. The molecule has 1 N–H and O–H groups in total. The smallest absolute Gasteiger partial charge is 0.279 e. The summed E-state index contributed by atoms with van der Waals surface area (Å²) in [4.78, 5) is 9.29. The lowest BCUT2D eigenvalue weighted by Crippen LogP contribution is -2.31. The highest BCUT2D eigenvalue weighted by molar-refractivity contribution is 5.77. The first-order chi connectivity index (χ1) is 7.36. The van der Waals surface area contributed by atoms with Gasteiger partial charge in [0, 0.05) is 0 Å². The fourth-order valence-electron chi connectivity index (χ4n) is 1.01. The van der Waals surface area contributed by atoms with Crippen LogP contribution < -0.4 is 10.8 Å². The standard InChI is InChI=1S/C10H14N3O2/c1-14-12-10(13-15-2)11-8-9-6-4-3-5-7-9/h3-7H,8H2,1-2H3,(H,12,13). The summed E-state index contributed by atoms with van der Waals surface area (Å²) in [6.07, 6.45) is 0. The molecule has 5 nitrogen and oxygen atoms in total. The van der Waals surface area contributed by atoms with Crippen LogP contribution in [0.5, 0.6) is 0 Å². The maximum absolute atomic E-state index is 4.69. The van der Waals surface area contributed by atoms with E-state index in [1.165, 1.54) is 14.2 Å². The van der Waals surface area contributed by atoms with Gasteiger partial charge < -0.3 is 4.84 Å². The lowest BCUT2D eigenvalue weighted by molar-refractivity contribution is 0.130. The molecule has 15 heavy (non-hydrogen) atoms. The molecule has 1 rings (SSSR count). The van der Waals surface area contributed by atoms with Gasteiger partial charge in [-0.2, -0.15) is 0 Å². The largest absolute Gasteiger partial charge is 0.396 e. The second-order valence-corrected chi connectivity index (χ2v) is 2.71. The molecule has 0 amide bonds. The summed E-state index contributed by atoms with van der Waals surface area (Å²) in [5, 5.41) is 7.81. The Hall–Kier alpha value is -1.75.